The van der Waals surface area contributed by atoms with Gasteiger partial charge in [0.05, 0.1) is 22.5 Å². The summed E-state index contributed by atoms with van der Waals surface area (Å²) in [4.78, 5) is 23.0. The Morgan fingerprint density at radius 1 is 1.00 bits per heavy atom. The number of benzene rings is 2. The van der Waals surface area contributed by atoms with Crippen molar-refractivity contribution in [3.05, 3.63) is 86.3 Å². The smallest absolute Gasteiger partial charge is 0.292 e. The van der Waals surface area contributed by atoms with Gasteiger partial charge in [0.1, 0.15) is 10.7 Å². The molecule has 1 aromatic heterocycles. The lowest BCUT2D eigenvalue weighted by Gasteiger charge is -2.11. The highest BCUT2D eigenvalue weighted by atomic mass is 35.5. The van der Waals surface area contributed by atoms with Gasteiger partial charge in [-0.3, -0.25) is 14.9 Å². The molecule has 8 nitrogen and oxygen atoms in total. The third-order valence-electron chi connectivity index (χ3n) is 3.78. The molecule has 0 spiro atoms. The zero-order valence-corrected chi connectivity index (χ0v) is 14.9. The molecule has 0 atom stereocenters. The first-order chi connectivity index (χ1) is 13.1. The summed E-state index contributed by atoms with van der Waals surface area (Å²) in [6.07, 6.45) is 1.47. The van der Waals surface area contributed by atoms with Crippen LogP contribution in [0.25, 0.3) is 5.69 Å². The number of nitrogens with one attached hydrogen (secondary N) is 2. The quantitative estimate of drug-likeness (QED) is 0.367. The van der Waals surface area contributed by atoms with Crippen LogP contribution in [0.15, 0.2) is 65.6 Å². The minimum absolute atomic E-state index is 0.00246. The maximum atomic E-state index is 12.4. The molecule has 9 heteroatoms. The Morgan fingerprint density at radius 3 is 2.33 bits per heavy atom. The van der Waals surface area contributed by atoms with Gasteiger partial charge in [0.25, 0.3) is 11.2 Å². The molecule has 0 aliphatic rings. The van der Waals surface area contributed by atoms with Crippen LogP contribution < -0.4 is 16.2 Å². The highest BCUT2D eigenvalue weighted by Crippen LogP contribution is 2.23. The molecule has 2 aromatic carbocycles. The molecule has 1 heterocycles. The van der Waals surface area contributed by atoms with Crippen LogP contribution in [0.3, 0.4) is 0 Å². The fraction of sp³-hybridized carbons (Fsp3) is 0.111. The molecule has 3 rings (SSSR count). The molecule has 0 saturated carbocycles. The van der Waals surface area contributed by atoms with E-state index in [2.05, 4.69) is 15.7 Å². The number of para-hydroxylation sites is 3. The van der Waals surface area contributed by atoms with Crippen molar-refractivity contribution in [3.63, 3.8) is 0 Å². The van der Waals surface area contributed by atoms with Gasteiger partial charge < -0.3 is 10.6 Å². The molecule has 27 heavy (non-hydrogen) atoms. The predicted molar refractivity (Wildman–Crippen MR) is 105 cm³/mol. The summed E-state index contributed by atoms with van der Waals surface area (Å²) >= 11 is 6.17. The van der Waals surface area contributed by atoms with E-state index in [1.807, 2.05) is 6.07 Å². The SMILES string of the molecule is O=c1c(Cl)c(NCCNc2ccccc2[N+](=O)[O-])cnn1-c1ccccc1. The fourth-order valence-electron chi connectivity index (χ4n) is 2.49. The number of nitro benzene ring substituents is 1. The van der Waals surface area contributed by atoms with E-state index in [0.29, 0.717) is 30.2 Å². The third kappa shape index (κ3) is 4.24. The van der Waals surface area contributed by atoms with E-state index in [0.717, 1.165) is 0 Å². The zero-order chi connectivity index (χ0) is 19.2. The number of nitro groups is 1. The van der Waals surface area contributed by atoms with Gasteiger partial charge in [0.15, 0.2) is 0 Å². The highest BCUT2D eigenvalue weighted by Gasteiger charge is 2.12. The van der Waals surface area contributed by atoms with E-state index in [1.165, 1.54) is 16.9 Å². The van der Waals surface area contributed by atoms with Crippen LogP contribution in [0, 0.1) is 10.1 Å². The van der Waals surface area contributed by atoms with Crippen molar-refractivity contribution in [2.24, 2.45) is 0 Å². The van der Waals surface area contributed by atoms with E-state index < -0.39 is 10.5 Å². The van der Waals surface area contributed by atoms with Gasteiger partial charge in [-0.05, 0) is 18.2 Å². The molecule has 0 fully saturated rings. The number of hydrogen-bond acceptors (Lipinski definition) is 6. The van der Waals surface area contributed by atoms with Crippen molar-refractivity contribution < 1.29 is 4.92 Å². The van der Waals surface area contributed by atoms with Crippen molar-refractivity contribution in [2.45, 2.75) is 0 Å². The Labute approximate surface area is 159 Å². The van der Waals surface area contributed by atoms with Crippen molar-refractivity contribution in [2.75, 3.05) is 23.7 Å². The molecule has 0 aliphatic carbocycles. The summed E-state index contributed by atoms with van der Waals surface area (Å²) in [5.41, 5.74) is 1.02. The second kappa shape index (κ2) is 8.33. The summed E-state index contributed by atoms with van der Waals surface area (Å²) in [5, 5.41) is 21.1. The molecule has 0 amide bonds. The first-order valence-corrected chi connectivity index (χ1v) is 8.50. The van der Waals surface area contributed by atoms with Crippen molar-refractivity contribution in [3.8, 4) is 5.69 Å². The summed E-state index contributed by atoms with van der Waals surface area (Å²) in [5.74, 6) is 0. The maximum Gasteiger partial charge on any atom is 0.292 e. The van der Waals surface area contributed by atoms with Crippen LogP contribution in [0.4, 0.5) is 17.1 Å². The number of nitrogens with zero attached hydrogens (tertiary/aromatic N) is 3. The Bertz CT molecular complexity index is 1010. The molecule has 2 N–H and O–H groups in total. The second-order valence-corrected chi connectivity index (χ2v) is 5.93. The number of halogens is 1. The van der Waals surface area contributed by atoms with Gasteiger partial charge in [-0.1, -0.05) is 41.9 Å². The summed E-state index contributed by atoms with van der Waals surface area (Å²) in [7, 11) is 0. The monoisotopic (exact) mass is 385 g/mol. The molecule has 0 unspecified atom stereocenters. The van der Waals surface area contributed by atoms with Gasteiger partial charge in [0.2, 0.25) is 0 Å². The topological polar surface area (TPSA) is 102 Å². The lowest BCUT2D eigenvalue weighted by molar-refractivity contribution is -0.384. The normalized spacial score (nSPS) is 10.4. The van der Waals surface area contributed by atoms with Gasteiger partial charge in [-0.25, -0.2) is 0 Å². The summed E-state index contributed by atoms with van der Waals surface area (Å²) < 4.78 is 1.22. The summed E-state index contributed by atoms with van der Waals surface area (Å²) in [6, 6.07) is 15.4. The van der Waals surface area contributed by atoms with Crippen molar-refractivity contribution in [1.82, 2.24) is 9.78 Å². The molecular formula is C18H16ClN5O3. The second-order valence-electron chi connectivity index (χ2n) is 5.55. The average Bonchev–Trinajstić information content (AvgIpc) is 2.69. The fourth-order valence-corrected chi connectivity index (χ4v) is 2.68. The van der Waals surface area contributed by atoms with E-state index >= 15 is 0 Å². The number of anilines is 2. The standard InChI is InChI=1S/C18H16ClN5O3/c19-17-15(12-22-23(18(17)25)13-6-2-1-3-7-13)21-11-10-20-14-8-4-5-9-16(14)24(26)27/h1-9,12,20-21H,10-11H2. The van der Waals surface area contributed by atoms with Crippen LogP contribution in [0.5, 0.6) is 0 Å². The van der Waals surface area contributed by atoms with Gasteiger partial charge in [-0.2, -0.15) is 9.78 Å². The summed E-state index contributed by atoms with van der Waals surface area (Å²) in [6.45, 7) is 0.783. The van der Waals surface area contributed by atoms with Crippen molar-refractivity contribution >= 4 is 28.7 Å². The van der Waals surface area contributed by atoms with Gasteiger partial charge in [-0.15, -0.1) is 0 Å². The molecular weight excluding hydrogens is 370 g/mol. The van der Waals surface area contributed by atoms with E-state index in [1.54, 1.807) is 42.5 Å². The van der Waals surface area contributed by atoms with Crippen LogP contribution in [0.1, 0.15) is 0 Å². The third-order valence-corrected chi connectivity index (χ3v) is 4.14. The van der Waals surface area contributed by atoms with E-state index in [9.17, 15) is 14.9 Å². The van der Waals surface area contributed by atoms with Crippen molar-refractivity contribution in [1.29, 1.82) is 0 Å². The maximum absolute atomic E-state index is 12.4. The minimum atomic E-state index is -0.445. The minimum Gasteiger partial charge on any atom is -0.381 e. The molecule has 0 bridgehead atoms. The lowest BCUT2D eigenvalue weighted by atomic mass is 10.2. The largest absolute Gasteiger partial charge is 0.381 e. The predicted octanol–water partition coefficient (Wildman–Crippen LogP) is 3.32. The van der Waals surface area contributed by atoms with E-state index in [-0.39, 0.29) is 10.7 Å². The van der Waals surface area contributed by atoms with E-state index in [4.69, 9.17) is 11.6 Å². The average molecular weight is 386 g/mol. The molecule has 138 valence electrons. The van der Waals surface area contributed by atoms with Crippen LogP contribution >= 0.6 is 11.6 Å². The first-order valence-electron chi connectivity index (χ1n) is 8.12. The van der Waals surface area contributed by atoms with Gasteiger partial charge >= 0.3 is 0 Å². The molecule has 0 saturated heterocycles. The number of hydrogen-bond donors (Lipinski definition) is 2. The van der Waals surface area contributed by atoms with Crippen LogP contribution in [-0.4, -0.2) is 27.8 Å². The first kappa shape index (κ1) is 18.4. The molecule has 0 aliphatic heterocycles. The van der Waals surface area contributed by atoms with Crippen LogP contribution in [0.2, 0.25) is 5.02 Å². The Balaban J connectivity index is 1.65. The molecule has 0 radical (unpaired) electrons. The molecule has 3 aromatic rings. The van der Waals surface area contributed by atoms with Crippen LogP contribution in [-0.2, 0) is 0 Å². The Hall–Kier alpha value is -3.39. The zero-order valence-electron chi connectivity index (χ0n) is 14.1. The Morgan fingerprint density at radius 2 is 1.63 bits per heavy atom. The highest BCUT2D eigenvalue weighted by molar-refractivity contribution is 6.32. The number of aromatic nitrogens is 2. The lowest BCUT2D eigenvalue weighted by Crippen LogP contribution is -2.23. The number of rotatable bonds is 7. The van der Waals surface area contributed by atoms with Gasteiger partial charge in [0, 0.05) is 19.2 Å². The Kier molecular flexibility index (Phi) is 5.68.